The van der Waals surface area contributed by atoms with Crippen LogP contribution in [0, 0.1) is 0 Å². The van der Waals surface area contributed by atoms with Gasteiger partial charge in [-0.1, -0.05) is 36.4 Å². The van der Waals surface area contributed by atoms with E-state index in [0.29, 0.717) is 0 Å². The van der Waals surface area contributed by atoms with Crippen molar-refractivity contribution in [2.75, 3.05) is 14.2 Å². The molecule has 3 aromatic carbocycles. The molecule has 21 heavy (non-hydrogen) atoms. The smallest absolute Gasteiger partial charge is 0.194 e. The molecule has 0 aliphatic carbocycles. The Bertz CT molecular complexity index is 645. The fourth-order valence-electron chi connectivity index (χ4n) is 1.62. The molecule has 0 fully saturated rings. The monoisotopic (exact) mass is 287 g/mol. The van der Waals surface area contributed by atoms with Crippen LogP contribution in [-0.4, -0.2) is 26.1 Å². The van der Waals surface area contributed by atoms with Crippen LogP contribution in [0.1, 0.15) is 0 Å². The highest BCUT2D eigenvalue weighted by Crippen LogP contribution is 2.24. The number of hydrogen-bond donors (Lipinski definition) is 1. The van der Waals surface area contributed by atoms with Gasteiger partial charge in [0.2, 0.25) is 0 Å². The Morgan fingerprint density at radius 3 is 1.52 bits per heavy atom. The first-order chi connectivity index (χ1) is 10.2. The van der Waals surface area contributed by atoms with Gasteiger partial charge in [0, 0.05) is 17.5 Å². The Labute approximate surface area is 122 Å². The second kappa shape index (κ2) is 8.37. The van der Waals surface area contributed by atoms with Crippen LogP contribution >= 0.6 is 0 Å². The van der Waals surface area contributed by atoms with E-state index < -0.39 is 0 Å². The van der Waals surface area contributed by atoms with Gasteiger partial charge >= 0.3 is 0 Å². The molecule has 0 bridgehead atoms. The Morgan fingerprint density at radius 2 is 1.24 bits per heavy atom. The topological polar surface area (TPSA) is 68.1 Å². The predicted molar refractivity (Wildman–Crippen MR) is 83.5 cm³/mol. The quantitative estimate of drug-likeness (QED) is 0.447. The van der Waals surface area contributed by atoms with Crippen molar-refractivity contribution in [3.05, 3.63) is 58.8 Å². The van der Waals surface area contributed by atoms with Gasteiger partial charge in [0.05, 0.1) is 14.2 Å². The Morgan fingerprint density at radius 1 is 0.905 bits per heavy atom. The minimum Gasteiger partial charge on any atom is -0.493 e. The van der Waals surface area contributed by atoms with Crippen molar-refractivity contribution in [2.45, 2.75) is 0 Å². The number of nitrogens with zero attached hydrogens (tertiary/aromatic N) is 1. The van der Waals surface area contributed by atoms with E-state index in [2.05, 4.69) is 11.9 Å². The third-order valence-electron chi connectivity index (χ3n) is 2.64. The molecule has 5 nitrogen and oxygen atoms in total. The SMILES string of the molecule is C=NO.COc1ccccc1OC.O=c1c2ccccc12. The molecule has 0 atom stereocenters. The van der Waals surface area contributed by atoms with Crippen molar-refractivity contribution >= 4 is 17.5 Å². The van der Waals surface area contributed by atoms with Crippen LogP contribution in [0.25, 0.3) is 10.8 Å². The first kappa shape index (κ1) is 16.2. The Hall–Kier alpha value is -2.82. The van der Waals surface area contributed by atoms with E-state index in [0.717, 1.165) is 22.3 Å². The van der Waals surface area contributed by atoms with Crippen LogP contribution in [-0.2, 0) is 0 Å². The fraction of sp³-hybridized carbons (Fsp3) is 0.125. The van der Waals surface area contributed by atoms with Crippen molar-refractivity contribution in [3.63, 3.8) is 0 Å². The number of rotatable bonds is 2. The molecule has 0 amide bonds. The summed E-state index contributed by atoms with van der Waals surface area (Å²) in [4.78, 5) is 10.5. The average molecular weight is 287 g/mol. The van der Waals surface area contributed by atoms with E-state index in [1.54, 1.807) is 14.2 Å². The fourth-order valence-corrected chi connectivity index (χ4v) is 1.62. The molecular formula is C16H17NO4. The van der Waals surface area contributed by atoms with Crippen molar-refractivity contribution in [1.29, 1.82) is 0 Å². The lowest BCUT2D eigenvalue weighted by molar-refractivity contribution is 0.323. The third-order valence-corrected chi connectivity index (χ3v) is 2.64. The lowest BCUT2D eigenvalue weighted by Crippen LogP contribution is -1.88. The molecule has 0 radical (unpaired) electrons. The molecule has 0 saturated heterocycles. The summed E-state index contributed by atoms with van der Waals surface area (Å²) < 4.78 is 10.0. The number of methoxy groups -OCH3 is 2. The number of hydrogen-bond acceptors (Lipinski definition) is 5. The van der Waals surface area contributed by atoms with E-state index >= 15 is 0 Å². The second-order valence-corrected chi connectivity index (χ2v) is 3.87. The predicted octanol–water partition coefficient (Wildman–Crippen LogP) is 2.86. The summed E-state index contributed by atoms with van der Waals surface area (Å²) in [5.41, 5.74) is 0.218. The maximum absolute atomic E-state index is 10.5. The Balaban J connectivity index is 0.000000180. The van der Waals surface area contributed by atoms with Gasteiger partial charge in [-0.3, -0.25) is 4.79 Å². The highest BCUT2D eigenvalue weighted by molar-refractivity contribution is 5.96. The molecule has 0 aliphatic heterocycles. The van der Waals surface area contributed by atoms with Crippen molar-refractivity contribution in [3.8, 4) is 11.5 Å². The highest BCUT2D eigenvalue weighted by Gasteiger charge is 2.07. The standard InChI is InChI=1S/C8H10O2.C7H4O.CH3NO/c1-9-7-5-3-4-6-8(7)10-2;8-7-5-3-1-2-4-6(5)7;1-2-3/h3-6H,1-2H3;1-4H;3H,1H2. The third kappa shape index (κ3) is 4.65. The molecule has 3 rings (SSSR count). The Kier molecular flexibility index (Phi) is 6.47. The summed E-state index contributed by atoms with van der Waals surface area (Å²) in [6.07, 6.45) is 0. The van der Waals surface area contributed by atoms with Crippen LogP contribution in [0.3, 0.4) is 0 Å². The summed E-state index contributed by atoms with van der Waals surface area (Å²) in [6.45, 7) is 2.67. The number of oxime groups is 1. The maximum Gasteiger partial charge on any atom is 0.194 e. The highest BCUT2D eigenvalue weighted by atomic mass is 16.5. The summed E-state index contributed by atoms with van der Waals surface area (Å²) >= 11 is 0. The molecule has 0 unspecified atom stereocenters. The van der Waals surface area contributed by atoms with Gasteiger partial charge in [0.15, 0.2) is 16.9 Å². The molecule has 3 aromatic rings. The van der Waals surface area contributed by atoms with E-state index in [4.69, 9.17) is 14.7 Å². The zero-order valence-corrected chi connectivity index (χ0v) is 11.9. The van der Waals surface area contributed by atoms with Crippen molar-refractivity contribution in [2.24, 2.45) is 5.16 Å². The molecule has 0 aromatic heterocycles. The molecule has 0 heterocycles. The summed E-state index contributed by atoms with van der Waals surface area (Å²) in [5, 5.41) is 11.1. The number of benzene rings is 2. The van der Waals surface area contributed by atoms with E-state index in [1.807, 2.05) is 48.5 Å². The van der Waals surface area contributed by atoms with Gasteiger partial charge in [-0.2, -0.15) is 0 Å². The summed E-state index contributed by atoms with van der Waals surface area (Å²) in [6, 6.07) is 15.0. The normalized spacial score (nSPS) is 9.05. The molecule has 110 valence electrons. The maximum atomic E-state index is 10.5. The van der Waals surface area contributed by atoms with Crippen LogP contribution in [0.15, 0.2) is 58.5 Å². The number of fused-ring (bicyclic) bond motifs is 1. The zero-order chi connectivity index (χ0) is 15.7. The lowest BCUT2D eigenvalue weighted by Gasteiger charge is -2.04. The van der Waals surface area contributed by atoms with Crippen LogP contribution in [0.4, 0.5) is 0 Å². The first-order valence-corrected chi connectivity index (χ1v) is 6.10. The van der Waals surface area contributed by atoms with Gasteiger partial charge in [0.25, 0.3) is 0 Å². The second-order valence-electron chi connectivity index (χ2n) is 3.87. The average Bonchev–Trinajstić information content (AvgIpc) is 3.20. The van der Waals surface area contributed by atoms with Gasteiger partial charge in [-0.05, 0) is 12.1 Å². The zero-order valence-electron chi connectivity index (χ0n) is 11.9. The molecule has 1 N–H and O–H groups in total. The minimum atomic E-state index is 0.218. The van der Waals surface area contributed by atoms with Gasteiger partial charge in [-0.15, -0.1) is 5.16 Å². The van der Waals surface area contributed by atoms with Crippen molar-refractivity contribution < 1.29 is 14.7 Å². The van der Waals surface area contributed by atoms with E-state index in [-0.39, 0.29) is 5.43 Å². The van der Waals surface area contributed by atoms with E-state index in [1.165, 1.54) is 0 Å². The molecule has 5 heteroatoms. The van der Waals surface area contributed by atoms with Crippen LogP contribution < -0.4 is 14.9 Å². The summed E-state index contributed by atoms with van der Waals surface area (Å²) in [7, 11) is 3.25. The largest absolute Gasteiger partial charge is 0.493 e. The summed E-state index contributed by atoms with van der Waals surface area (Å²) in [5.74, 6) is 1.54. The number of ether oxygens (including phenoxy) is 2. The number of para-hydroxylation sites is 2. The van der Waals surface area contributed by atoms with E-state index in [9.17, 15) is 4.79 Å². The molecular weight excluding hydrogens is 270 g/mol. The van der Waals surface area contributed by atoms with Crippen molar-refractivity contribution in [1.82, 2.24) is 0 Å². The van der Waals surface area contributed by atoms with Gasteiger partial charge < -0.3 is 14.7 Å². The van der Waals surface area contributed by atoms with Gasteiger partial charge in [-0.25, -0.2) is 0 Å². The molecule has 0 saturated carbocycles. The van der Waals surface area contributed by atoms with Gasteiger partial charge in [0.1, 0.15) is 0 Å². The molecule has 0 aliphatic rings. The van der Waals surface area contributed by atoms with Crippen LogP contribution in [0.5, 0.6) is 11.5 Å². The molecule has 0 spiro atoms. The van der Waals surface area contributed by atoms with Crippen LogP contribution in [0.2, 0.25) is 0 Å². The minimum absolute atomic E-state index is 0.218. The first-order valence-electron chi connectivity index (χ1n) is 6.10. The lowest BCUT2D eigenvalue weighted by atomic mass is 10.3.